The van der Waals surface area contributed by atoms with Gasteiger partial charge in [-0.2, -0.15) is 13.2 Å². The molecule has 0 N–H and O–H groups in total. The zero-order valence-electron chi connectivity index (χ0n) is 16.6. The molecule has 0 aliphatic carbocycles. The average Bonchev–Trinajstić information content (AvgIpc) is 3.19. The number of morpholine rings is 1. The molecule has 0 bridgehead atoms. The molecular formula is C21H19F3N4O3. The molecule has 1 saturated heterocycles. The number of halogens is 3. The molecule has 1 aliphatic heterocycles. The number of ether oxygens (including phenoxy) is 1. The lowest BCUT2D eigenvalue weighted by Gasteiger charge is -2.32. The topological polar surface area (TPSA) is 81.4 Å². The summed E-state index contributed by atoms with van der Waals surface area (Å²) in [6, 6.07) is 8.81. The van der Waals surface area contributed by atoms with Crippen LogP contribution in [0.3, 0.4) is 0 Å². The van der Waals surface area contributed by atoms with Gasteiger partial charge in [-0.25, -0.2) is 4.63 Å². The van der Waals surface area contributed by atoms with Crippen LogP contribution < -0.4 is 0 Å². The minimum Gasteiger partial charge on any atom is -0.368 e. The number of hydrogen-bond acceptors (Lipinski definition) is 6. The Hall–Kier alpha value is -3.27. The molecule has 162 valence electrons. The van der Waals surface area contributed by atoms with Crippen molar-refractivity contribution < 1.29 is 27.3 Å². The van der Waals surface area contributed by atoms with E-state index in [4.69, 9.17) is 4.74 Å². The summed E-state index contributed by atoms with van der Waals surface area (Å²) in [6.45, 7) is 2.70. The second-order valence-corrected chi connectivity index (χ2v) is 7.28. The number of hydrogen-bond donors (Lipinski definition) is 0. The van der Waals surface area contributed by atoms with E-state index in [1.54, 1.807) is 36.2 Å². The summed E-state index contributed by atoms with van der Waals surface area (Å²) in [5.41, 5.74) is 1.88. The highest BCUT2D eigenvalue weighted by molar-refractivity contribution is 5.93. The molecule has 31 heavy (non-hydrogen) atoms. The van der Waals surface area contributed by atoms with E-state index in [9.17, 15) is 18.0 Å². The van der Waals surface area contributed by atoms with Crippen LogP contribution in [-0.4, -0.2) is 45.8 Å². The molecule has 0 unspecified atom stereocenters. The monoisotopic (exact) mass is 432 g/mol. The van der Waals surface area contributed by atoms with Crippen LogP contribution in [0.15, 0.2) is 47.2 Å². The van der Waals surface area contributed by atoms with E-state index in [2.05, 4.69) is 19.9 Å². The normalized spacial score (nSPS) is 17.0. The van der Waals surface area contributed by atoms with Crippen LogP contribution >= 0.6 is 0 Å². The van der Waals surface area contributed by atoms with Crippen LogP contribution in [0, 0.1) is 6.92 Å². The maximum atomic E-state index is 12.9. The van der Waals surface area contributed by atoms with Crippen molar-refractivity contribution in [2.24, 2.45) is 0 Å². The number of amides is 1. The van der Waals surface area contributed by atoms with Gasteiger partial charge in [-0.1, -0.05) is 29.4 Å². The van der Waals surface area contributed by atoms with Crippen molar-refractivity contribution in [3.05, 3.63) is 76.4 Å². The van der Waals surface area contributed by atoms with Gasteiger partial charge in [0.25, 0.3) is 5.91 Å². The summed E-state index contributed by atoms with van der Waals surface area (Å²) < 4.78 is 49.1. The van der Waals surface area contributed by atoms with Crippen LogP contribution in [-0.2, 0) is 17.3 Å². The minimum atomic E-state index is -4.37. The van der Waals surface area contributed by atoms with Gasteiger partial charge in [0.15, 0.2) is 5.69 Å². The zero-order chi connectivity index (χ0) is 22.0. The third kappa shape index (κ3) is 4.74. The first kappa shape index (κ1) is 21.0. The van der Waals surface area contributed by atoms with E-state index in [1.165, 1.54) is 6.07 Å². The maximum absolute atomic E-state index is 12.9. The lowest BCUT2D eigenvalue weighted by molar-refractivity contribution is -0.137. The highest BCUT2D eigenvalue weighted by Crippen LogP contribution is 2.30. The molecule has 0 saturated carbocycles. The second kappa shape index (κ2) is 8.46. The number of alkyl halides is 3. The second-order valence-electron chi connectivity index (χ2n) is 7.28. The van der Waals surface area contributed by atoms with Gasteiger partial charge in [-0.05, 0) is 41.8 Å². The molecule has 1 atom stereocenters. The third-order valence-electron chi connectivity index (χ3n) is 5.05. The maximum Gasteiger partial charge on any atom is 0.416 e. The predicted molar refractivity (Wildman–Crippen MR) is 102 cm³/mol. The van der Waals surface area contributed by atoms with E-state index < -0.39 is 17.8 Å². The van der Waals surface area contributed by atoms with E-state index in [0.29, 0.717) is 43.1 Å². The lowest BCUT2D eigenvalue weighted by atomic mass is 10.0. The molecule has 3 heterocycles. The van der Waals surface area contributed by atoms with E-state index >= 15 is 0 Å². The fraction of sp³-hybridized carbons (Fsp3) is 0.333. The number of pyridine rings is 1. The Labute approximate surface area is 175 Å². The molecule has 7 nitrogen and oxygen atoms in total. The SMILES string of the molecule is Cc1nonc1C(=O)N1CCO[C@@H](c2ccc(Cc3cccc(C(F)(F)F)c3)cn2)C1. The Bertz CT molecular complexity index is 1070. The van der Waals surface area contributed by atoms with Crippen LogP contribution in [0.25, 0.3) is 0 Å². The Morgan fingerprint density at radius 1 is 1.19 bits per heavy atom. The van der Waals surface area contributed by atoms with Crippen LogP contribution in [0.1, 0.15) is 44.7 Å². The number of rotatable bonds is 4. The van der Waals surface area contributed by atoms with Gasteiger partial charge >= 0.3 is 6.18 Å². The fourth-order valence-corrected chi connectivity index (χ4v) is 3.41. The van der Waals surface area contributed by atoms with Gasteiger partial charge in [0.1, 0.15) is 11.8 Å². The van der Waals surface area contributed by atoms with Crippen molar-refractivity contribution in [2.75, 3.05) is 19.7 Å². The van der Waals surface area contributed by atoms with Crippen molar-refractivity contribution in [3.8, 4) is 0 Å². The number of carbonyl (C=O) groups excluding carboxylic acids is 1. The van der Waals surface area contributed by atoms with E-state index in [0.717, 1.165) is 17.7 Å². The van der Waals surface area contributed by atoms with Gasteiger partial charge < -0.3 is 9.64 Å². The summed E-state index contributed by atoms with van der Waals surface area (Å²) >= 11 is 0. The van der Waals surface area contributed by atoms with Gasteiger partial charge in [-0.3, -0.25) is 9.78 Å². The minimum absolute atomic E-state index is 0.171. The van der Waals surface area contributed by atoms with Crippen molar-refractivity contribution in [1.29, 1.82) is 0 Å². The molecule has 1 aliphatic rings. The third-order valence-corrected chi connectivity index (χ3v) is 5.05. The first-order valence-corrected chi connectivity index (χ1v) is 9.62. The highest BCUT2D eigenvalue weighted by Gasteiger charge is 2.31. The van der Waals surface area contributed by atoms with Gasteiger partial charge in [-0.15, -0.1) is 0 Å². The average molecular weight is 432 g/mol. The highest BCUT2D eigenvalue weighted by atomic mass is 19.4. The Morgan fingerprint density at radius 2 is 2.03 bits per heavy atom. The number of aryl methyl sites for hydroxylation is 1. The van der Waals surface area contributed by atoms with Crippen molar-refractivity contribution in [2.45, 2.75) is 25.6 Å². The number of benzene rings is 1. The van der Waals surface area contributed by atoms with Gasteiger partial charge in [0, 0.05) is 12.7 Å². The lowest BCUT2D eigenvalue weighted by Crippen LogP contribution is -2.42. The van der Waals surface area contributed by atoms with Gasteiger partial charge in [0.05, 0.1) is 24.4 Å². The molecule has 3 aromatic rings. The molecule has 0 radical (unpaired) electrons. The van der Waals surface area contributed by atoms with Crippen LogP contribution in [0.2, 0.25) is 0 Å². The Morgan fingerprint density at radius 3 is 2.71 bits per heavy atom. The smallest absolute Gasteiger partial charge is 0.368 e. The summed E-state index contributed by atoms with van der Waals surface area (Å²) in [7, 11) is 0. The standard InChI is InChI=1S/C21H19F3N4O3/c1-13-19(27-31-26-13)20(29)28-7-8-30-18(12-28)17-6-5-15(11-25-17)9-14-3-2-4-16(10-14)21(22,23)24/h2-6,10-11,18H,7-9,12H2,1H3/t18-/m1/s1. The van der Waals surface area contributed by atoms with Crippen LogP contribution in [0.4, 0.5) is 13.2 Å². The molecule has 4 rings (SSSR count). The molecular weight excluding hydrogens is 413 g/mol. The first-order chi connectivity index (χ1) is 14.8. The number of aromatic nitrogens is 3. The summed E-state index contributed by atoms with van der Waals surface area (Å²) in [4.78, 5) is 18.6. The zero-order valence-corrected chi connectivity index (χ0v) is 16.6. The largest absolute Gasteiger partial charge is 0.416 e. The summed E-state index contributed by atoms with van der Waals surface area (Å²) in [5, 5.41) is 7.29. The summed E-state index contributed by atoms with van der Waals surface area (Å²) in [6.07, 6.45) is -2.85. The van der Waals surface area contributed by atoms with Gasteiger partial charge in [0.2, 0.25) is 0 Å². The molecule has 2 aromatic heterocycles. The fourth-order valence-electron chi connectivity index (χ4n) is 3.41. The Balaban J connectivity index is 1.43. The van der Waals surface area contributed by atoms with Crippen molar-refractivity contribution in [1.82, 2.24) is 20.2 Å². The predicted octanol–water partition coefficient (Wildman–Crippen LogP) is 3.60. The molecule has 1 aromatic carbocycles. The molecule has 1 amide bonds. The van der Waals surface area contributed by atoms with Crippen molar-refractivity contribution in [3.63, 3.8) is 0 Å². The van der Waals surface area contributed by atoms with E-state index in [1.807, 2.05) is 0 Å². The van der Waals surface area contributed by atoms with Crippen LogP contribution in [0.5, 0.6) is 0 Å². The van der Waals surface area contributed by atoms with Crippen molar-refractivity contribution >= 4 is 5.91 Å². The Kier molecular flexibility index (Phi) is 5.73. The number of nitrogens with zero attached hydrogens (tertiary/aromatic N) is 4. The first-order valence-electron chi connectivity index (χ1n) is 9.62. The molecule has 1 fully saturated rings. The summed E-state index contributed by atoms with van der Waals surface area (Å²) in [5.74, 6) is -0.284. The number of carbonyl (C=O) groups is 1. The molecule has 10 heteroatoms. The van der Waals surface area contributed by atoms with E-state index in [-0.39, 0.29) is 11.6 Å². The molecule has 0 spiro atoms. The quantitative estimate of drug-likeness (QED) is 0.627.